The van der Waals surface area contributed by atoms with Crippen LogP contribution in [-0.4, -0.2) is 51.9 Å². The summed E-state index contributed by atoms with van der Waals surface area (Å²) in [6.45, 7) is 1.67. The number of hydrogen-bond donors (Lipinski definition) is 1. The third-order valence-corrected chi connectivity index (χ3v) is 4.20. The summed E-state index contributed by atoms with van der Waals surface area (Å²) in [6, 6.07) is 2.46. The van der Waals surface area contributed by atoms with Crippen LogP contribution in [0.1, 0.15) is 34.8 Å². The normalized spacial score (nSPS) is 16.2. The summed E-state index contributed by atoms with van der Waals surface area (Å²) in [5, 5.41) is 10.4. The number of hydrogen-bond acceptors (Lipinski definition) is 5. The summed E-state index contributed by atoms with van der Waals surface area (Å²) < 4.78 is 43.8. The van der Waals surface area contributed by atoms with E-state index < -0.39 is 11.9 Å². The molecule has 0 saturated carbocycles. The van der Waals surface area contributed by atoms with Gasteiger partial charge in [0.1, 0.15) is 6.54 Å². The smallest absolute Gasteiger partial charge is 0.359 e. The topological polar surface area (TPSA) is 76.2 Å². The molecular weight excluding hydrogens is 339 g/mol. The highest BCUT2D eigenvalue weighted by Gasteiger charge is 2.33. The van der Waals surface area contributed by atoms with Gasteiger partial charge in [0.15, 0.2) is 17.1 Å². The first-order valence-corrected chi connectivity index (χ1v) is 7.88. The molecule has 0 aromatic carbocycles. The largest absolute Gasteiger partial charge is 0.435 e. The second-order valence-corrected chi connectivity index (χ2v) is 5.97. The predicted molar refractivity (Wildman–Crippen MR) is 80.8 cm³/mol. The second kappa shape index (κ2) is 6.87. The Labute approximate surface area is 141 Å². The van der Waals surface area contributed by atoms with Gasteiger partial charge in [0.05, 0.1) is 0 Å². The minimum atomic E-state index is -4.49. The first-order valence-electron chi connectivity index (χ1n) is 7.88. The van der Waals surface area contributed by atoms with Crippen LogP contribution in [0.4, 0.5) is 13.2 Å². The molecule has 2 aromatic heterocycles. The van der Waals surface area contributed by atoms with Gasteiger partial charge < -0.3 is 14.7 Å². The number of rotatable bonds is 4. The Hall–Kier alpha value is -2.36. The number of carbonyl (C=O) groups is 1. The van der Waals surface area contributed by atoms with Crippen molar-refractivity contribution in [3.8, 4) is 0 Å². The van der Waals surface area contributed by atoms with E-state index in [1.807, 2.05) is 0 Å². The lowest BCUT2D eigenvalue weighted by Crippen LogP contribution is -2.44. The minimum Gasteiger partial charge on any atom is -0.359 e. The van der Waals surface area contributed by atoms with Crippen LogP contribution in [0.5, 0.6) is 0 Å². The number of carbonyl (C=O) groups excluding carboxylic acids is 1. The van der Waals surface area contributed by atoms with E-state index in [9.17, 15) is 18.0 Å². The Morgan fingerprint density at radius 3 is 2.80 bits per heavy atom. The van der Waals surface area contributed by atoms with E-state index in [4.69, 9.17) is 4.52 Å². The highest BCUT2D eigenvalue weighted by Crippen LogP contribution is 2.27. The van der Waals surface area contributed by atoms with Crippen molar-refractivity contribution in [2.75, 3.05) is 20.1 Å². The van der Waals surface area contributed by atoms with Crippen molar-refractivity contribution in [1.29, 1.82) is 0 Å². The maximum Gasteiger partial charge on any atom is 0.435 e. The number of piperidine rings is 1. The SMILES string of the molecule is CN(C(=O)c1cc(Cn2ccc(C(F)(F)F)n2)on1)C1CCNCC1. The molecule has 7 nitrogen and oxygen atoms in total. The number of nitrogens with one attached hydrogen (secondary N) is 1. The van der Waals surface area contributed by atoms with E-state index in [0.29, 0.717) is 0 Å². The molecule has 0 radical (unpaired) electrons. The van der Waals surface area contributed by atoms with Crippen LogP contribution in [0.15, 0.2) is 22.9 Å². The van der Waals surface area contributed by atoms with Crippen molar-refractivity contribution in [3.63, 3.8) is 0 Å². The summed E-state index contributed by atoms with van der Waals surface area (Å²) in [5.41, 5.74) is -0.840. The predicted octanol–water partition coefficient (Wildman–Crippen LogP) is 1.76. The maximum atomic E-state index is 12.5. The molecule has 10 heteroatoms. The summed E-state index contributed by atoms with van der Waals surface area (Å²) in [6.07, 6.45) is -1.57. The molecular formula is C15H18F3N5O2. The highest BCUT2D eigenvalue weighted by molar-refractivity contribution is 5.92. The van der Waals surface area contributed by atoms with Gasteiger partial charge in [-0.1, -0.05) is 5.16 Å². The van der Waals surface area contributed by atoms with Crippen molar-refractivity contribution in [2.45, 2.75) is 31.6 Å². The van der Waals surface area contributed by atoms with Crippen molar-refractivity contribution in [3.05, 3.63) is 35.5 Å². The molecule has 1 aliphatic heterocycles. The Morgan fingerprint density at radius 1 is 1.44 bits per heavy atom. The van der Waals surface area contributed by atoms with Gasteiger partial charge >= 0.3 is 6.18 Å². The van der Waals surface area contributed by atoms with E-state index in [2.05, 4.69) is 15.6 Å². The molecule has 0 bridgehead atoms. The fraction of sp³-hybridized carbons (Fsp3) is 0.533. The van der Waals surface area contributed by atoms with E-state index in [1.165, 1.54) is 12.3 Å². The maximum absolute atomic E-state index is 12.5. The molecule has 0 atom stereocenters. The first-order chi connectivity index (χ1) is 11.8. The summed E-state index contributed by atoms with van der Waals surface area (Å²) in [7, 11) is 1.72. The zero-order valence-electron chi connectivity index (χ0n) is 13.6. The standard InChI is InChI=1S/C15H18F3N5O2/c1-22(10-2-5-19-6-3-10)14(24)12-8-11(25-21-12)9-23-7-4-13(20-23)15(16,17)18/h4,7-8,10,19H,2-3,5-6,9H2,1H3. The Morgan fingerprint density at radius 2 is 2.16 bits per heavy atom. The monoisotopic (exact) mass is 357 g/mol. The minimum absolute atomic E-state index is 0.0343. The van der Waals surface area contributed by atoms with Crippen LogP contribution >= 0.6 is 0 Å². The lowest BCUT2D eigenvalue weighted by atomic mass is 10.1. The molecule has 3 heterocycles. The van der Waals surface area contributed by atoms with Gasteiger partial charge in [0, 0.05) is 25.4 Å². The zero-order chi connectivity index (χ0) is 18.0. The fourth-order valence-corrected chi connectivity index (χ4v) is 2.79. The van der Waals surface area contributed by atoms with Crippen molar-refractivity contribution in [1.82, 2.24) is 25.2 Å². The molecule has 2 aromatic rings. The molecule has 1 aliphatic rings. The third-order valence-electron chi connectivity index (χ3n) is 4.20. The van der Waals surface area contributed by atoms with Crippen LogP contribution in [-0.2, 0) is 12.7 Å². The lowest BCUT2D eigenvalue weighted by Gasteiger charge is -2.31. The van der Waals surface area contributed by atoms with Crippen LogP contribution < -0.4 is 5.32 Å². The Bertz CT molecular complexity index is 734. The van der Waals surface area contributed by atoms with Crippen LogP contribution in [0, 0.1) is 0 Å². The van der Waals surface area contributed by atoms with E-state index >= 15 is 0 Å². The lowest BCUT2D eigenvalue weighted by molar-refractivity contribution is -0.141. The average Bonchev–Trinajstić information content (AvgIpc) is 3.24. The number of aromatic nitrogens is 3. The molecule has 1 amide bonds. The molecule has 0 unspecified atom stereocenters. The van der Waals surface area contributed by atoms with Crippen molar-refractivity contribution in [2.24, 2.45) is 0 Å². The van der Waals surface area contributed by atoms with E-state index in [-0.39, 0.29) is 29.9 Å². The quantitative estimate of drug-likeness (QED) is 0.902. The molecule has 25 heavy (non-hydrogen) atoms. The van der Waals surface area contributed by atoms with Gasteiger partial charge in [0.2, 0.25) is 0 Å². The summed E-state index contributed by atoms with van der Waals surface area (Å²) >= 11 is 0. The van der Waals surface area contributed by atoms with E-state index in [0.717, 1.165) is 36.7 Å². The summed E-state index contributed by atoms with van der Waals surface area (Å²) in [5.74, 6) is -0.00256. The highest BCUT2D eigenvalue weighted by atomic mass is 19.4. The molecule has 1 N–H and O–H groups in total. The van der Waals surface area contributed by atoms with Crippen LogP contribution in [0.25, 0.3) is 0 Å². The van der Waals surface area contributed by atoms with Crippen LogP contribution in [0.3, 0.4) is 0 Å². The molecule has 1 saturated heterocycles. The first kappa shape index (κ1) is 17.5. The summed E-state index contributed by atoms with van der Waals surface area (Å²) in [4.78, 5) is 14.1. The third kappa shape index (κ3) is 4.01. The molecule has 136 valence electrons. The Balaban J connectivity index is 1.65. The molecule has 3 rings (SSSR count). The van der Waals surface area contributed by atoms with Gasteiger partial charge in [-0.25, -0.2) is 0 Å². The van der Waals surface area contributed by atoms with Gasteiger partial charge in [0.25, 0.3) is 5.91 Å². The zero-order valence-corrected chi connectivity index (χ0v) is 13.6. The Kier molecular flexibility index (Phi) is 4.80. The van der Waals surface area contributed by atoms with Gasteiger partial charge in [-0.3, -0.25) is 9.48 Å². The van der Waals surface area contributed by atoms with Gasteiger partial charge in [-0.2, -0.15) is 18.3 Å². The number of alkyl halides is 3. The van der Waals surface area contributed by atoms with Crippen molar-refractivity contribution < 1.29 is 22.5 Å². The molecule has 0 spiro atoms. The number of halogens is 3. The second-order valence-electron chi connectivity index (χ2n) is 5.97. The number of nitrogens with zero attached hydrogens (tertiary/aromatic N) is 4. The molecule has 0 aliphatic carbocycles. The molecule has 1 fully saturated rings. The van der Waals surface area contributed by atoms with Gasteiger partial charge in [-0.05, 0) is 32.0 Å². The average molecular weight is 357 g/mol. The fourth-order valence-electron chi connectivity index (χ4n) is 2.79. The number of amides is 1. The van der Waals surface area contributed by atoms with Crippen LogP contribution in [0.2, 0.25) is 0 Å². The van der Waals surface area contributed by atoms with Gasteiger partial charge in [-0.15, -0.1) is 0 Å². The van der Waals surface area contributed by atoms with Crippen molar-refractivity contribution >= 4 is 5.91 Å². The van der Waals surface area contributed by atoms with E-state index in [1.54, 1.807) is 11.9 Å².